The lowest BCUT2D eigenvalue weighted by Gasteiger charge is -2.18. The number of carbonyl (C=O) groups excluding carboxylic acids is 3. The van der Waals surface area contributed by atoms with Gasteiger partial charge in [-0.25, -0.2) is 0 Å². The Bertz CT molecular complexity index is 880. The normalized spacial score (nSPS) is 13.0. The number of fused-ring (bicyclic) bond motifs is 1. The molecule has 1 aliphatic heterocycles. The molecule has 1 heterocycles. The van der Waals surface area contributed by atoms with Crippen LogP contribution in [0.25, 0.3) is 0 Å². The van der Waals surface area contributed by atoms with Gasteiger partial charge in [0.05, 0.1) is 17.7 Å². The van der Waals surface area contributed by atoms with Gasteiger partial charge < -0.3 is 9.64 Å². The maximum Gasteiger partial charge on any atom is 0.261 e. The molecular weight excluding hydrogens is 400 g/mol. The fourth-order valence-electron chi connectivity index (χ4n) is 2.65. The van der Waals surface area contributed by atoms with E-state index in [1.807, 2.05) is 24.3 Å². The number of nitrogens with zero attached hydrogens (tertiary/aromatic N) is 2. The first-order valence-corrected chi connectivity index (χ1v) is 8.78. The summed E-state index contributed by atoms with van der Waals surface area (Å²) in [6, 6.07) is 12.0. The van der Waals surface area contributed by atoms with E-state index in [1.54, 1.807) is 13.1 Å². The third kappa shape index (κ3) is 3.48. The van der Waals surface area contributed by atoms with Crippen LogP contribution >= 0.6 is 15.9 Å². The highest BCUT2D eigenvalue weighted by Crippen LogP contribution is 2.23. The minimum absolute atomic E-state index is 0.234. The van der Waals surface area contributed by atoms with Crippen molar-refractivity contribution >= 4 is 33.7 Å². The van der Waals surface area contributed by atoms with E-state index in [9.17, 15) is 14.4 Å². The molecule has 2 aromatic rings. The summed E-state index contributed by atoms with van der Waals surface area (Å²) in [4.78, 5) is 39.1. The Balaban J connectivity index is 1.63. The number of halogens is 1. The molecule has 134 valence electrons. The van der Waals surface area contributed by atoms with Crippen LogP contribution in [0.3, 0.4) is 0 Å². The van der Waals surface area contributed by atoms with Crippen molar-refractivity contribution in [3.05, 3.63) is 63.6 Å². The maximum absolute atomic E-state index is 12.6. The molecule has 26 heavy (non-hydrogen) atoms. The number of hydrogen-bond acceptors (Lipinski definition) is 4. The standard InChI is InChI=1S/C19H17BrN2O4/c1-21(9-10-26-14-6-4-13(20)5-7-14)17(23)12-3-8-15-16(11-12)19(25)22(2)18(15)24/h3-8,11H,9-10H2,1-2H3. The summed E-state index contributed by atoms with van der Waals surface area (Å²) >= 11 is 3.36. The Kier molecular flexibility index (Phi) is 5.08. The molecule has 0 unspecified atom stereocenters. The van der Waals surface area contributed by atoms with E-state index in [1.165, 1.54) is 24.1 Å². The van der Waals surface area contributed by atoms with Crippen LogP contribution in [0.5, 0.6) is 5.75 Å². The smallest absolute Gasteiger partial charge is 0.261 e. The molecule has 3 amide bonds. The van der Waals surface area contributed by atoms with E-state index < -0.39 is 0 Å². The number of carbonyl (C=O) groups is 3. The predicted octanol–water partition coefficient (Wildman–Crippen LogP) is 2.83. The zero-order valence-corrected chi connectivity index (χ0v) is 15.9. The SMILES string of the molecule is CN(CCOc1ccc(Br)cc1)C(=O)c1ccc2c(c1)C(=O)N(C)C2=O. The second kappa shape index (κ2) is 7.29. The van der Waals surface area contributed by atoms with Crippen LogP contribution in [0.2, 0.25) is 0 Å². The van der Waals surface area contributed by atoms with Gasteiger partial charge in [0.15, 0.2) is 0 Å². The highest BCUT2D eigenvalue weighted by molar-refractivity contribution is 9.10. The topological polar surface area (TPSA) is 66.9 Å². The highest BCUT2D eigenvalue weighted by Gasteiger charge is 2.33. The van der Waals surface area contributed by atoms with Gasteiger partial charge in [-0.15, -0.1) is 0 Å². The van der Waals surface area contributed by atoms with Gasteiger partial charge in [0.25, 0.3) is 17.7 Å². The monoisotopic (exact) mass is 416 g/mol. The first kappa shape index (κ1) is 18.1. The number of ether oxygens (including phenoxy) is 1. The zero-order valence-electron chi connectivity index (χ0n) is 14.4. The van der Waals surface area contributed by atoms with E-state index in [2.05, 4.69) is 15.9 Å². The Morgan fingerprint density at radius 2 is 1.73 bits per heavy atom. The minimum Gasteiger partial charge on any atom is -0.492 e. The quantitative estimate of drug-likeness (QED) is 0.702. The Morgan fingerprint density at radius 3 is 2.42 bits per heavy atom. The third-order valence-corrected chi connectivity index (χ3v) is 4.72. The summed E-state index contributed by atoms with van der Waals surface area (Å²) in [7, 11) is 3.09. The number of amides is 3. The minimum atomic E-state index is -0.388. The first-order chi connectivity index (χ1) is 12.4. The van der Waals surface area contributed by atoms with Crippen molar-refractivity contribution < 1.29 is 19.1 Å². The van der Waals surface area contributed by atoms with Crippen LogP contribution in [0.4, 0.5) is 0 Å². The van der Waals surface area contributed by atoms with Crippen LogP contribution in [0.1, 0.15) is 31.1 Å². The number of rotatable bonds is 5. The summed E-state index contributed by atoms with van der Waals surface area (Å²) in [6.45, 7) is 0.730. The van der Waals surface area contributed by atoms with Crippen LogP contribution in [-0.2, 0) is 0 Å². The van der Waals surface area contributed by atoms with Gasteiger partial charge >= 0.3 is 0 Å². The molecule has 7 heteroatoms. The van der Waals surface area contributed by atoms with Crippen LogP contribution < -0.4 is 4.74 Å². The molecule has 0 saturated carbocycles. The average molecular weight is 417 g/mol. The fraction of sp³-hybridized carbons (Fsp3) is 0.211. The molecule has 0 N–H and O–H groups in total. The third-order valence-electron chi connectivity index (χ3n) is 4.19. The second-order valence-electron chi connectivity index (χ2n) is 5.96. The number of imide groups is 1. The Hall–Kier alpha value is -2.67. The molecule has 1 aliphatic rings. The fourth-order valence-corrected chi connectivity index (χ4v) is 2.91. The highest BCUT2D eigenvalue weighted by atomic mass is 79.9. The van der Waals surface area contributed by atoms with E-state index in [0.717, 1.165) is 15.1 Å². The molecule has 0 spiro atoms. The molecule has 3 rings (SSSR count). The Morgan fingerprint density at radius 1 is 1.08 bits per heavy atom. The van der Waals surface area contributed by atoms with Crippen molar-refractivity contribution in [1.82, 2.24) is 9.80 Å². The molecule has 2 aromatic carbocycles. The van der Waals surface area contributed by atoms with Gasteiger partial charge in [0, 0.05) is 24.1 Å². The van der Waals surface area contributed by atoms with Crippen LogP contribution in [0, 0.1) is 0 Å². The van der Waals surface area contributed by atoms with Crippen molar-refractivity contribution in [1.29, 1.82) is 0 Å². The number of hydrogen-bond donors (Lipinski definition) is 0. The molecule has 0 aliphatic carbocycles. The summed E-state index contributed by atoms with van der Waals surface area (Å²) < 4.78 is 6.58. The van der Waals surface area contributed by atoms with Crippen LogP contribution in [-0.4, -0.2) is 54.8 Å². The lowest BCUT2D eigenvalue weighted by molar-refractivity contribution is 0.0692. The van der Waals surface area contributed by atoms with Gasteiger partial charge in [-0.05, 0) is 42.5 Å². The molecule has 0 radical (unpaired) electrons. The summed E-state index contributed by atoms with van der Waals surface area (Å²) in [5, 5.41) is 0. The van der Waals surface area contributed by atoms with Gasteiger partial charge in [-0.1, -0.05) is 15.9 Å². The lowest BCUT2D eigenvalue weighted by atomic mass is 10.1. The number of benzene rings is 2. The van der Waals surface area contributed by atoms with Gasteiger partial charge in [0.1, 0.15) is 12.4 Å². The van der Waals surface area contributed by atoms with Gasteiger partial charge in [0.2, 0.25) is 0 Å². The van der Waals surface area contributed by atoms with E-state index in [4.69, 9.17) is 4.74 Å². The first-order valence-electron chi connectivity index (χ1n) is 7.99. The number of likely N-dealkylation sites (N-methyl/N-ethyl adjacent to an activating group) is 1. The molecule has 0 fully saturated rings. The van der Waals surface area contributed by atoms with Crippen LogP contribution in [0.15, 0.2) is 46.9 Å². The van der Waals surface area contributed by atoms with Crippen molar-refractivity contribution in [2.45, 2.75) is 0 Å². The van der Waals surface area contributed by atoms with Crippen molar-refractivity contribution in [2.75, 3.05) is 27.2 Å². The predicted molar refractivity (Wildman–Crippen MR) is 99.5 cm³/mol. The zero-order chi connectivity index (χ0) is 18.8. The summed E-state index contributed by atoms with van der Waals surface area (Å²) in [6.07, 6.45) is 0. The van der Waals surface area contributed by atoms with E-state index >= 15 is 0 Å². The van der Waals surface area contributed by atoms with E-state index in [0.29, 0.717) is 24.3 Å². The van der Waals surface area contributed by atoms with Crippen molar-refractivity contribution in [3.63, 3.8) is 0 Å². The second-order valence-corrected chi connectivity index (χ2v) is 6.87. The average Bonchev–Trinajstić information content (AvgIpc) is 2.86. The molecule has 0 bridgehead atoms. The molecule has 0 saturated heterocycles. The maximum atomic E-state index is 12.6. The largest absolute Gasteiger partial charge is 0.492 e. The molecule has 0 aromatic heterocycles. The van der Waals surface area contributed by atoms with Gasteiger partial charge in [-0.3, -0.25) is 19.3 Å². The molecular formula is C19H17BrN2O4. The molecule has 6 nitrogen and oxygen atoms in total. The molecule has 0 atom stereocenters. The van der Waals surface area contributed by atoms with Gasteiger partial charge in [-0.2, -0.15) is 0 Å². The summed E-state index contributed by atoms with van der Waals surface area (Å²) in [5.41, 5.74) is 0.962. The van der Waals surface area contributed by atoms with Crippen molar-refractivity contribution in [3.8, 4) is 5.75 Å². The summed E-state index contributed by atoms with van der Waals surface area (Å²) in [5.74, 6) is -0.248. The Labute approximate surface area is 159 Å². The van der Waals surface area contributed by atoms with E-state index in [-0.39, 0.29) is 23.3 Å². The van der Waals surface area contributed by atoms with Crippen molar-refractivity contribution in [2.24, 2.45) is 0 Å². The lowest BCUT2D eigenvalue weighted by Crippen LogP contribution is -2.31.